The number of fused-ring (bicyclic) bond motifs is 1. The maximum atomic E-state index is 13.3. The van der Waals surface area contributed by atoms with Crippen LogP contribution >= 0.6 is 34.7 Å². The minimum atomic E-state index is 0.0748. The van der Waals surface area contributed by atoms with Gasteiger partial charge in [0.05, 0.1) is 16.6 Å². The highest BCUT2D eigenvalue weighted by molar-refractivity contribution is 7.99. The first-order valence-corrected chi connectivity index (χ1v) is 12.6. The number of carbonyl (C=O) groups is 1. The largest absolute Gasteiger partial charge is 0.309 e. The van der Waals surface area contributed by atoms with E-state index in [1.807, 2.05) is 49.8 Å². The van der Waals surface area contributed by atoms with Gasteiger partial charge in [0.2, 0.25) is 5.91 Å². The van der Waals surface area contributed by atoms with Gasteiger partial charge in [0, 0.05) is 21.7 Å². The van der Waals surface area contributed by atoms with Crippen LogP contribution in [0.25, 0.3) is 10.2 Å². The Kier molecular flexibility index (Phi) is 8.39. The van der Waals surface area contributed by atoms with Gasteiger partial charge in [-0.05, 0) is 69.4 Å². The van der Waals surface area contributed by atoms with E-state index in [0.29, 0.717) is 23.2 Å². The molecule has 0 atom stereocenters. The summed E-state index contributed by atoms with van der Waals surface area (Å²) in [6.45, 7) is 7.90. The summed E-state index contributed by atoms with van der Waals surface area (Å²) in [6, 6.07) is 12.2. The fourth-order valence-electron chi connectivity index (χ4n) is 3.30. The number of anilines is 1. The molecule has 0 spiro atoms. The summed E-state index contributed by atoms with van der Waals surface area (Å²) in [5.41, 5.74) is 2.87. The Balaban J connectivity index is 1.82. The van der Waals surface area contributed by atoms with Crippen molar-refractivity contribution in [1.82, 2.24) is 9.88 Å². The highest BCUT2D eigenvalue weighted by atomic mass is 35.5. The van der Waals surface area contributed by atoms with E-state index < -0.39 is 0 Å². The topological polar surface area (TPSA) is 36.4 Å². The van der Waals surface area contributed by atoms with Crippen LogP contribution < -0.4 is 4.90 Å². The molecule has 31 heavy (non-hydrogen) atoms. The Hall–Kier alpha value is -1.60. The van der Waals surface area contributed by atoms with Crippen molar-refractivity contribution < 1.29 is 4.79 Å². The number of rotatable bonds is 9. The molecule has 0 N–H and O–H groups in total. The Morgan fingerprint density at radius 3 is 2.48 bits per heavy atom. The van der Waals surface area contributed by atoms with Crippen LogP contribution in [0.2, 0.25) is 5.02 Å². The summed E-state index contributed by atoms with van der Waals surface area (Å²) in [5.74, 6) is 0.0748. The number of halogens is 1. The van der Waals surface area contributed by atoms with Crippen LogP contribution in [0.3, 0.4) is 0 Å². The summed E-state index contributed by atoms with van der Waals surface area (Å²) in [7, 11) is 4.10. The van der Waals surface area contributed by atoms with E-state index >= 15 is 0 Å². The maximum Gasteiger partial charge on any atom is 0.233 e. The number of hydrogen-bond acceptors (Lipinski definition) is 5. The number of benzene rings is 2. The molecule has 3 rings (SSSR count). The molecule has 0 bridgehead atoms. The van der Waals surface area contributed by atoms with Crippen molar-refractivity contribution >= 4 is 56.0 Å². The lowest BCUT2D eigenvalue weighted by atomic mass is 10.1. The number of hydrogen-bond donors (Lipinski definition) is 0. The van der Waals surface area contributed by atoms with E-state index in [9.17, 15) is 4.79 Å². The van der Waals surface area contributed by atoms with Gasteiger partial charge in [-0.3, -0.25) is 9.69 Å². The lowest BCUT2D eigenvalue weighted by molar-refractivity contribution is -0.118. The van der Waals surface area contributed by atoms with Crippen molar-refractivity contribution in [2.24, 2.45) is 0 Å². The van der Waals surface area contributed by atoms with Gasteiger partial charge in [0.25, 0.3) is 0 Å². The van der Waals surface area contributed by atoms with Gasteiger partial charge in [-0.1, -0.05) is 48.9 Å². The second-order valence-electron chi connectivity index (χ2n) is 8.21. The molecule has 2 aromatic carbocycles. The van der Waals surface area contributed by atoms with Gasteiger partial charge >= 0.3 is 0 Å². The molecule has 0 aliphatic rings. The lowest BCUT2D eigenvalue weighted by Gasteiger charge is -2.21. The molecule has 0 saturated carbocycles. The third-order valence-corrected chi connectivity index (χ3v) is 7.37. The van der Waals surface area contributed by atoms with Gasteiger partial charge in [-0.15, -0.1) is 11.8 Å². The van der Waals surface area contributed by atoms with Crippen molar-refractivity contribution in [2.75, 3.05) is 32.1 Å². The molecule has 0 radical (unpaired) electrons. The summed E-state index contributed by atoms with van der Waals surface area (Å²) < 4.78 is 1.05. The Morgan fingerprint density at radius 1 is 1.13 bits per heavy atom. The zero-order valence-corrected chi connectivity index (χ0v) is 21.2. The predicted molar refractivity (Wildman–Crippen MR) is 136 cm³/mol. The third kappa shape index (κ3) is 6.45. The van der Waals surface area contributed by atoms with Gasteiger partial charge in [0.15, 0.2) is 5.13 Å². The fourth-order valence-corrected chi connectivity index (χ4v) is 5.36. The second-order valence-corrected chi connectivity index (χ2v) is 11.3. The van der Waals surface area contributed by atoms with Crippen molar-refractivity contribution in [3.8, 4) is 0 Å². The van der Waals surface area contributed by atoms with Crippen molar-refractivity contribution in [3.05, 3.63) is 52.5 Å². The molecule has 1 heterocycles. The normalized spacial score (nSPS) is 11.6. The standard InChI is InChI=1S/C24H30ClN3OS2/c1-16(2)30-19-9-7-18(8-10-19)15-22(29)28(14-6-13-27(4)5)24-26-23-17(3)20(25)11-12-21(23)31-24/h7-12,16H,6,13-15H2,1-5H3. The van der Waals surface area contributed by atoms with E-state index in [-0.39, 0.29) is 5.91 Å². The number of carbonyl (C=O) groups excluding carboxylic acids is 1. The monoisotopic (exact) mass is 475 g/mol. The molecule has 3 aromatic rings. The van der Waals surface area contributed by atoms with E-state index in [1.54, 1.807) is 11.3 Å². The molecule has 166 valence electrons. The Bertz CT molecular complexity index is 1030. The highest BCUT2D eigenvalue weighted by Gasteiger charge is 2.21. The first-order chi connectivity index (χ1) is 14.7. The summed E-state index contributed by atoms with van der Waals surface area (Å²) in [5, 5.41) is 1.99. The van der Waals surface area contributed by atoms with Crippen LogP contribution in [0.5, 0.6) is 0 Å². The number of aromatic nitrogens is 1. The van der Waals surface area contributed by atoms with Crippen LogP contribution in [0.15, 0.2) is 41.3 Å². The minimum absolute atomic E-state index is 0.0748. The Morgan fingerprint density at radius 2 is 1.84 bits per heavy atom. The van der Waals surface area contributed by atoms with Crippen LogP contribution in [0.1, 0.15) is 31.4 Å². The molecule has 0 aliphatic carbocycles. The first kappa shape index (κ1) is 24.1. The average Bonchev–Trinajstić information content (AvgIpc) is 3.13. The summed E-state index contributed by atoms with van der Waals surface area (Å²) >= 11 is 9.67. The molecule has 1 amide bonds. The number of thiazole rings is 1. The molecule has 1 aromatic heterocycles. The zero-order valence-electron chi connectivity index (χ0n) is 18.8. The van der Waals surface area contributed by atoms with E-state index in [2.05, 4.69) is 43.0 Å². The van der Waals surface area contributed by atoms with Crippen LogP contribution in [-0.4, -0.2) is 48.2 Å². The predicted octanol–water partition coefficient (Wildman–Crippen LogP) is 6.29. The molecule has 7 heteroatoms. The number of thioether (sulfide) groups is 1. The quantitative estimate of drug-likeness (QED) is 0.341. The van der Waals surface area contributed by atoms with E-state index in [4.69, 9.17) is 16.6 Å². The Labute approximate surface area is 198 Å². The number of nitrogens with zero attached hydrogens (tertiary/aromatic N) is 3. The lowest BCUT2D eigenvalue weighted by Crippen LogP contribution is -2.34. The fraction of sp³-hybridized carbons (Fsp3) is 0.417. The SMILES string of the molecule is Cc1c(Cl)ccc2sc(N(CCCN(C)C)C(=O)Cc3ccc(SC(C)C)cc3)nc12. The van der Waals surface area contributed by atoms with Gasteiger partial charge in [-0.2, -0.15) is 0 Å². The van der Waals surface area contributed by atoms with Gasteiger partial charge in [0.1, 0.15) is 0 Å². The average molecular weight is 476 g/mol. The van der Waals surface area contributed by atoms with Gasteiger partial charge < -0.3 is 4.90 Å². The molecule has 0 saturated heterocycles. The van der Waals surface area contributed by atoms with Crippen LogP contribution in [0.4, 0.5) is 5.13 Å². The van der Waals surface area contributed by atoms with Crippen molar-refractivity contribution in [3.63, 3.8) is 0 Å². The number of amides is 1. The van der Waals surface area contributed by atoms with Crippen molar-refractivity contribution in [1.29, 1.82) is 0 Å². The molecule has 4 nitrogen and oxygen atoms in total. The van der Waals surface area contributed by atoms with Gasteiger partial charge in [-0.25, -0.2) is 4.98 Å². The molecule has 0 aliphatic heterocycles. The highest BCUT2D eigenvalue weighted by Crippen LogP contribution is 2.34. The molecule has 0 unspecified atom stereocenters. The third-order valence-electron chi connectivity index (χ3n) is 4.91. The van der Waals surface area contributed by atoms with Crippen LogP contribution in [-0.2, 0) is 11.2 Å². The maximum absolute atomic E-state index is 13.3. The minimum Gasteiger partial charge on any atom is -0.309 e. The molecular weight excluding hydrogens is 446 g/mol. The van der Waals surface area contributed by atoms with E-state index in [0.717, 1.165) is 39.4 Å². The molecule has 0 fully saturated rings. The number of aryl methyl sites for hydroxylation is 1. The smallest absolute Gasteiger partial charge is 0.233 e. The zero-order chi connectivity index (χ0) is 22.5. The van der Waals surface area contributed by atoms with Crippen molar-refractivity contribution in [2.45, 2.75) is 43.8 Å². The summed E-state index contributed by atoms with van der Waals surface area (Å²) in [6.07, 6.45) is 1.25. The first-order valence-electron chi connectivity index (χ1n) is 10.5. The van der Waals surface area contributed by atoms with E-state index in [1.165, 1.54) is 4.90 Å². The summed E-state index contributed by atoms with van der Waals surface area (Å²) in [4.78, 5) is 23.3. The molecular formula is C24H30ClN3OS2. The second kappa shape index (κ2) is 10.8. The van der Waals surface area contributed by atoms with Crippen LogP contribution in [0, 0.1) is 6.92 Å².